The van der Waals surface area contributed by atoms with Crippen molar-refractivity contribution in [2.75, 3.05) is 17.7 Å². The van der Waals surface area contributed by atoms with E-state index in [1.165, 1.54) is 29.2 Å². The van der Waals surface area contributed by atoms with Gasteiger partial charge in [0, 0.05) is 15.6 Å². The van der Waals surface area contributed by atoms with Gasteiger partial charge in [-0.05, 0) is 66.2 Å². The van der Waals surface area contributed by atoms with E-state index in [2.05, 4.69) is 15.6 Å². The Hall–Kier alpha value is -3.56. The van der Waals surface area contributed by atoms with Crippen molar-refractivity contribution in [3.8, 4) is 5.75 Å². The lowest BCUT2D eigenvalue weighted by Crippen LogP contribution is -2.18. The molecule has 0 aliphatic carbocycles. The number of benzene rings is 4. The maximum Gasteiger partial charge on any atom is 0.257 e. The summed E-state index contributed by atoms with van der Waals surface area (Å²) in [5.41, 5.74) is 2.57. The van der Waals surface area contributed by atoms with Crippen molar-refractivity contribution in [2.24, 2.45) is 0 Å². The average molecular weight is 595 g/mol. The van der Waals surface area contributed by atoms with E-state index in [4.69, 9.17) is 27.9 Å². The third kappa shape index (κ3) is 6.54. The first-order valence-electron chi connectivity index (χ1n) is 11.7. The summed E-state index contributed by atoms with van der Waals surface area (Å²) in [4.78, 5) is 31.5. The van der Waals surface area contributed by atoms with E-state index in [0.29, 0.717) is 21.4 Å². The van der Waals surface area contributed by atoms with Crippen molar-refractivity contribution in [1.82, 2.24) is 4.98 Å². The third-order valence-electron chi connectivity index (χ3n) is 5.71. The van der Waals surface area contributed by atoms with Gasteiger partial charge in [0.05, 0.1) is 27.9 Å². The van der Waals surface area contributed by atoms with Crippen LogP contribution in [0.2, 0.25) is 10.0 Å². The van der Waals surface area contributed by atoms with Crippen molar-refractivity contribution in [1.29, 1.82) is 0 Å². The summed E-state index contributed by atoms with van der Waals surface area (Å²) in [6, 6.07) is 27.2. The molecule has 1 heterocycles. The molecular weight excluding hydrogens is 573 g/mol. The number of carbonyl (C=O) groups excluding carboxylic acids is 2. The second-order valence-electron chi connectivity index (χ2n) is 8.35. The molecule has 2 N–H and O–H groups in total. The summed E-state index contributed by atoms with van der Waals surface area (Å²) in [6.07, 6.45) is 0. The first-order valence-corrected chi connectivity index (χ1v) is 14.2. The van der Waals surface area contributed by atoms with E-state index in [9.17, 15) is 9.59 Å². The van der Waals surface area contributed by atoms with E-state index in [1.807, 2.05) is 60.7 Å². The fraction of sp³-hybridized carbons (Fsp3) is 0.0690. The summed E-state index contributed by atoms with van der Waals surface area (Å²) in [5.74, 6) is 0.205. The Morgan fingerprint density at radius 2 is 1.69 bits per heavy atom. The summed E-state index contributed by atoms with van der Waals surface area (Å²) < 4.78 is 6.21. The second kappa shape index (κ2) is 12.1. The van der Waals surface area contributed by atoms with Crippen molar-refractivity contribution in [3.05, 3.63) is 112 Å². The largest absolute Gasteiger partial charge is 0.497 e. The molecule has 0 fully saturated rings. The number of nitrogens with one attached hydrogen (secondary N) is 2. The zero-order valence-corrected chi connectivity index (χ0v) is 23.6. The van der Waals surface area contributed by atoms with Gasteiger partial charge in [-0.2, -0.15) is 0 Å². The number of anilines is 2. The Labute approximate surface area is 243 Å². The maximum absolute atomic E-state index is 13.5. The Balaban J connectivity index is 1.32. The highest BCUT2D eigenvalue weighted by Gasteiger charge is 2.23. The molecule has 0 saturated heterocycles. The highest BCUT2D eigenvalue weighted by molar-refractivity contribution is 8.00. The molecule has 4 aromatic carbocycles. The number of thioether (sulfide) groups is 1. The zero-order chi connectivity index (χ0) is 27.4. The van der Waals surface area contributed by atoms with Gasteiger partial charge in [0.15, 0.2) is 5.13 Å². The molecule has 196 valence electrons. The molecule has 5 aromatic rings. The highest BCUT2D eigenvalue weighted by Crippen LogP contribution is 2.38. The van der Waals surface area contributed by atoms with Crippen LogP contribution in [0.25, 0.3) is 10.2 Å². The van der Waals surface area contributed by atoms with Gasteiger partial charge in [-0.1, -0.05) is 64.9 Å². The number of amides is 2. The van der Waals surface area contributed by atoms with Crippen LogP contribution < -0.4 is 15.4 Å². The summed E-state index contributed by atoms with van der Waals surface area (Å²) >= 11 is 14.9. The smallest absolute Gasteiger partial charge is 0.257 e. The molecule has 2 amide bonds. The van der Waals surface area contributed by atoms with E-state index >= 15 is 0 Å². The number of nitrogens with zero attached hydrogens (tertiary/aromatic N) is 1. The molecule has 0 radical (unpaired) electrons. The molecule has 0 aliphatic heterocycles. The van der Waals surface area contributed by atoms with Crippen LogP contribution in [0.5, 0.6) is 5.75 Å². The molecular formula is C29H21Cl2N3O3S2. The van der Waals surface area contributed by atoms with E-state index < -0.39 is 5.25 Å². The zero-order valence-electron chi connectivity index (χ0n) is 20.5. The maximum atomic E-state index is 13.5. The van der Waals surface area contributed by atoms with Gasteiger partial charge in [0.2, 0.25) is 5.91 Å². The SMILES string of the molecule is COc1ccc2nc(NC(=O)C(Sc3ccc(NC(=O)c4ccc(Cl)cc4Cl)cc3)c3ccccc3)sc2c1. The standard InChI is InChI=1S/C29H21Cl2N3O3S2/c1-37-20-10-14-24-25(16-20)39-29(33-24)34-28(36)26(17-5-3-2-4-6-17)38-21-11-8-19(9-12-21)32-27(35)22-13-7-18(30)15-23(22)31/h2-16,26H,1H3,(H,32,35)(H,33,34,36). The van der Waals surface area contributed by atoms with Gasteiger partial charge >= 0.3 is 0 Å². The van der Waals surface area contributed by atoms with Crippen molar-refractivity contribution in [2.45, 2.75) is 10.1 Å². The minimum absolute atomic E-state index is 0.188. The normalized spacial score (nSPS) is 11.7. The number of aromatic nitrogens is 1. The van der Waals surface area contributed by atoms with Gasteiger partial charge < -0.3 is 15.4 Å². The second-order valence-corrected chi connectivity index (χ2v) is 11.4. The van der Waals surface area contributed by atoms with Crippen LogP contribution in [0.4, 0.5) is 10.8 Å². The molecule has 5 rings (SSSR count). The fourth-order valence-electron chi connectivity index (χ4n) is 3.78. The van der Waals surface area contributed by atoms with Crippen LogP contribution in [0.1, 0.15) is 21.2 Å². The fourth-order valence-corrected chi connectivity index (χ4v) is 6.20. The molecule has 0 aliphatic rings. The minimum atomic E-state index is -0.527. The van der Waals surface area contributed by atoms with Crippen LogP contribution >= 0.6 is 46.3 Å². The molecule has 1 unspecified atom stereocenters. The molecule has 1 aromatic heterocycles. The number of halogens is 2. The van der Waals surface area contributed by atoms with Gasteiger partial charge in [0.25, 0.3) is 5.91 Å². The molecule has 39 heavy (non-hydrogen) atoms. The predicted molar refractivity (Wildman–Crippen MR) is 161 cm³/mol. The number of hydrogen-bond acceptors (Lipinski definition) is 6. The molecule has 0 bridgehead atoms. The molecule has 1 atom stereocenters. The number of hydrogen-bond donors (Lipinski definition) is 2. The average Bonchev–Trinajstić information content (AvgIpc) is 3.34. The Kier molecular flexibility index (Phi) is 8.38. The lowest BCUT2D eigenvalue weighted by atomic mass is 10.1. The number of fused-ring (bicyclic) bond motifs is 1. The quantitative estimate of drug-likeness (QED) is 0.177. The van der Waals surface area contributed by atoms with E-state index in [1.54, 1.807) is 31.4 Å². The van der Waals surface area contributed by atoms with Crippen LogP contribution in [0, 0.1) is 0 Å². The third-order valence-corrected chi connectivity index (χ3v) is 8.46. The highest BCUT2D eigenvalue weighted by atomic mass is 35.5. The summed E-state index contributed by atoms with van der Waals surface area (Å²) in [7, 11) is 1.61. The van der Waals surface area contributed by atoms with Gasteiger partial charge in [-0.15, -0.1) is 11.8 Å². The monoisotopic (exact) mass is 593 g/mol. The lowest BCUT2D eigenvalue weighted by Gasteiger charge is -2.16. The van der Waals surface area contributed by atoms with Gasteiger partial charge in [0.1, 0.15) is 11.0 Å². The van der Waals surface area contributed by atoms with Gasteiger partial charge in [-0.3, -0.25) is 9.59 Å². The van der Waals surface area contributed by atoms with Crippen LogP contribution in [0.15, 0.2) is 95.9 Å². The molecule has 6 nitrogen and oxygen atoms in total. The Bertz CT molecular complexity index is 1640. The van der Waals surface area contributed by atoms with Crippen molar-refractivity contribution in [3.63, 3.8) is 0 Å². The number of carbonyl (C=O) groups is 2. The summed E-state index contributed by atoms with van der Waals surface area (Å²) in [6.45, 7) is 0. The van der Waals surface area contributed by atoms with Gasteiger partial charge in [-0.25, -0.2) is 4.98 Å². The Morgan fingerprint density at radius 3 is 2.41 bits per heavy atom. The van der Waals surface area contributed by atoms with E-state index in [0.717, 1.165) is 26.4 Å². The minimum Gasteiger partial charge on any atom is -0.497 e. The number of ether oxygens (including phenoxy) is 1. The topological polar surface area (TPSA) is 80.3 Å². The van der Waals surface area contributed by atoms with Crippen molar-refractivity contribution < 1.29 is 14.3 Å². The number of thiazole rings is 1. The molecule has 10 heteroatoms. The molecule has 0 saturated carbocycles. The number of rotatable bonds is 8. The predicted octanol–water partition coefficient (Wildman–Crippen LogP) is 8.34. The van der Waals surface area contributed by atoms with Crippen LogP contribution in [0.3, 0.4) is 0 Å². The lowest BCUT2D eigenvalue weighted by molar-refractivity contribution is -0.115. The first kappa shape index (κ1) is 27.0. The van der Waals surface area contributed by atoms with E-state index in [-0.39, 0.29) is 16.8 Å². The number of methoxy groups -OCH3 is 1. The first-order chi connectivity index (χ1) is 18.9. The van der Waals surface area contributed by atoms with Crippen molar-refractivity contribution >= 4 is 79.2 Å². The Morgan fingerprint density at radius 1 is 0.923 bits per heavy atom. The molecule has 0 spiro atoms. The summed E-state index contributed by atoms with van der Waals surface area (Å²) in [5, 5.41) is 6.54. The van der Waals surface area contributed by atoms with Crippen LogP contribution in [-0.2, 0) is 4.79 Å². The van der Waals surface area contributed by atoms with Crippen LogP contribution in [-0.4, -0.2) is 23.9 Å².